The van der Waals surface area contributed by atoms with Gasteiger partial charge < -0.3 is 15.8 Å². The topological polar surface area (TPSA) is 60.2 Å². The molecule has 2 heterocycles. The number of hydrogen-bond donors (Lipinski definition) is 2. The van der Waals surface area contributed by atoms with Crippen molar-refractivity contribution in [1.82, 2.24) is 4.98 Å². The monoisotopic (exact) mass is 305 g/mol. The molecular formula is C9H12IN3O. The van der Waals surface area contributed by atoms with Gasteiger partial charge in [-0.2, -0.15) is 0 Å². The predicted octanol–water partition coefficient (Wildman–Crippen LogP) is 1.47. The summed E-state index contributed by atoms with van der Waals surface area (Å²) in [4.78, 5) is 4.21. The van der Waals surface area contributed by atoms with Crippen LogP contribution >= 0.6 is 22.6 Å². The molecule has 14 heavy (non-hydrogen) atoms. The summed E-state index contributed by atoms with van der Waals surface area (Å²) in [7, 11) is 0. The average molecular weight is 305 g/mol. The molecule has 76 valence electrons. The Morgan fingerprint density at radius 1 is 1.57 bits per heavy atom. The number of aromatic nitrogens is 1. The molecule has 2 rings (SSSR count). The summed E-state index contributed by atoms with van der Waals surface area (Å²) < 4.78 is 6.23. The van der Waals surface area contributed by atoms with Crippen molar-refractivity contribution in [3.8, 4) is 0 Å². The average Bonchev–Trinajstić information content (AvgIpc) is 1.99. The van der Waals surface area contributed by atoms with Crippen molar-refractivity contribution < 1.29 is 4.74 Å². The lowest BCUT2D eigenvalue weighted by molar-refractivity contribution is -0.0320. The molecule has 0 radical (unpaired) electrons. The highest BCUT2D eigenvalue weighted by molar-refractivity contribution is 14.1. The third-order valence-corrected chi connectivity index (χ3v) is 2.70. The lowest BCUT2D eigenvalue weighted by atomic mass is 10.0. The third-order valence-electron chi connectivity index (χ3n) is 2.08. The first-order valence-corrected chi connectivity index (χ1v) is 5.44. The van der Waals surface area contributed by atoms with Crippen molar-refractivity contribution in [2.75, 3.05) is 24.3 Å². The number of nitrogens with zero attached hydrogens (tertiary/aromatic N) is 1. The van der Waals surface area contributed by atoms with Crippen molar-refractivity contribution in [3.05, 3.63) is 15.7 Å². The van der Waals surface area contributed by atoms with Gasteiger partial charge in [-0.1, -0.05) is 0 Å². The van der Waals surface area contributed by atoms with Crippen LogP contribution in [0, 0.1) is 3.57 Å². The molecule has 1 aliphatic rings. The fraction of sp³-hybridized carbons (Fsp3) is 0.444. The minimum Gasteiger partial charge on any atom is -0.384 e. The first-order valence-electron chi connectivity index (χ1n) is 4.36. The fourth-order valence-corrected chi connectivity index (χ4v) is 1.98. The molecule has 3 N–H and O–H groups in total. The van der Waals surface area contributed by atoms with Crippen LogP contribution in [0.15, 0.2) is 12.1 Å². The van der Waals surface area contributed by atoms with Crippen LogP contribution in [0.2, 0.25) is 0 Å². The zero-order valence-electron chi connectivity index (χ0n) is 7.88. The molecule has 0 aliphatic carbocycles. The molecule has 0 unspecified atom stereocenters. The predicted molar refractivity (Wildman–Crippen MR) is 64.2 cm³/mol. The quantitative estimate of drug-likeness (QED) is 0.812. The van der Waals surface area contributed by atoms with E-state index in [0.717, 1.165) is 22.6 Å². The van der Waals surface area contributed by atoms with E-state index in [0.29, 0.717) is 5.82 Å². The molecule has 5 heteroatoms. The first kappa shape index (κ1) is 9.97. The summed E-state index contributed by atoms with van der Waals surface area (Å²) in [5.74, 6) is 1.36. The van der Waals surface area contributed by atoms with Crippen LogP contribution in [0.5, 0.6) is 0 Å². The van der Waals surface area contributed by atoms with Gasteiger partial charge in [-0.15, -0.1) is 0 Å². The van der Waals surface area contributed by atoms with Crippen molar-refractivity contribution in [2.45, 2.75) is 12.5 Å². The highest BCUT2D eigenvalue weighted by Crippen LogP contribution is 2.23. The summed E-state index contributed by atoms with van der Waals surface area (Å²) in [6.45, 7) is 3.55. The molecule has 0 aromatic carbocycles. The second-order valence-electron chi connectivity index (χ2n) is 3.77. The molecule has 0 atom stereocenters. The van der Waals surface area contributed by atoms with Crippen molar-refractivity contribution >= 4 is 34.2 Å². The Labute approximate surface area is 96.4 Å². The van der Waals surface area contributed by atoms with Crippen molar-refractivity contribution in [3.63, 3.8) is 0 Å². The van der Waals surface area contributed by atoms with Crippen molar-refractivity contribution in [2.24, 2.45) is 0 Å². The van der Waals surface area contributed by atoms with E-state index in [4.69, 9.17) is 10.5 Å². The molecule has 4 nitrogen and oxygen atoms in total. The Morgan fingerprint density at radius 3 is 2.79 bits per heavy atom. The van der Waals surface area contributed by atoms with Gasteiger partial charge in [0.2, 0.25) is 0 Å². The van der Waals surface area contributed by atoms with Crippen molar-refractivity contribution in [1.29, 1.82) is 0 Å². The lowest BCUT2D eigenvalue weighted by Crippen LogP contribution is -2.53. The molecule has 0 spiro atoms. The van der Waals surface area contributed by atoms with E-state index in [2.05, 4.69) is 39.8 Å². The Kier molecular flexibility index (Phi) is 2.52. The van der Waals surface area contributed by atoms with E-state index in [9.17, 15) is 0 Å². The van der Waals surface area contributed by atoms with Crippen LogP contribution < -0.4 is 11.1 Å². The number of nitrogens with one attached hydrogen (secondary N) is 1. The van der Waals surface area contributed by atoms with Gasteiger partial charge in [0.1, 0.15) is 11.6 Å². The molecular weight excluding hydrogens is 293 g/mol. The smallest absolute Gasteiger partial charge is 0.130 e. The maximum Gasteiger partial charge on any atom is 0.130 e. The second kappa shape index (κ2) is 3.54. The SMILES string of the molecule is CC1(Nc2cc(I)cc(N)n2)COC1. The number of hydrogen-bond acceptors (Lipinski definition) is 4. The summed E-state index contributed by atoms with van der Waals surface area (Å²) in [6, 6.07) is 3.81. The van der Waals surface area contributed by atoms with Gasteiger partial charge >= 0.3 is 0 Å². The van der Waals surface area contributed by atoms with E-state index in [1.165, 1.54) is 0 Å². The Bertz CT molecular complexity index is 332. The third kappa shape index (κ3) is 2.09. The van der Waals surface area contributed by atoms with Crippen LogP contribution in [-0.4, -0.2) is 23.7 Å². The molecule has 1 fully saturated rings. The minimum absolute atomic E-state index is 0.0177. The van der Waals surface area contributed by atoms with Gasteiger partial charge in [0.15, 0.2) is 0 Å². The number of pyridine rings is 1. The van der Waals surface area contributed by atoms with E-state index < -0.39 is 0 Å². The Hall–Kier alpha value is -0.560. The number of halogens is 1. The van der Waals surface area contributed by atoms with Crippen LogP contribution in [0.25, 0.3) is 0 Å². The Balaban J connectivity index is 2.16. The van der Waals surface area contributed by atoms with Crippen LogP contribution in [0.4, 0.5) is 11.6 Å². The number of anilines is 2. The summed E-state index contributed by atoms with van der Waals surface area (Å²) >= 11 is 2.22. The molecule has 1 saturated heterocycles. The summed E-state index contributed by atoms with van der Waals surface area (Å²) in [6.07, 6.45) is 0. The lowest BCUT2D eigenvalue weighted by Gasteiger charge is -2.39. The molecule has 0 bridgehead atoms. The fourth-order valence-electron chi connectivity index (χ4n) is 1.37. The number of nitrogens with two attached hydrogens (primary N) is 1. The number of rotatable bonds is 2. The van der Waals surface area contributed by atoms with E-state index in [-0.39, 0.29) is 5.54 Å². The maximum atomic E-state index is 5.65. The van der Waals surface area contributed by atoms with Gasteiger partial charge in [0.25, 0.3) is 0 Å². The summed E-state index contributed by atoms with van der Waals surface area (Å²) in [5.41, 5.74) is 5.67. The van der Waals surface area contributed by atoms with Gasteiger partial charge in [-0.25, -0.2) is 4.98 Å². The van der Waals surface area contributed by atoms with Crippen LogP contribution in [0.1, 0.15) is 6.92 Å². The number of ether oxygens (including phenoxy) is 1. The van der Waals surface area contributed by atoms with E-state index in [1.54, 1.807) is 0 Å². The van der Waals surface area contributed by atoms with E-state index in [1.807, 2.05) is 12.1 Å². The second-order valence-corrected chi connectivity index (χ2v) is 5.02. The minimum atomic E-state index is 0.0177. The molecule has 1 aliphatic heterocycles. The van der Waals surface area contributed by atoms with Crippen LogP contribution in [0.3, 0.4) is 0 Å². The zero-order valence-corrected chi connectivity index (χ0v) is 10.0. The molecule has 1 aromatic heterocycles. The summed E-state index contributed by atoms with van der Waals surface area (Å²) in [5, 5.41) is 3.32. The van der Waals surface area contributed by atoms with E-state index >= 15 is 0 Å². The van der Waals surface area contributed by atoms with Gasteiger partial charge in [-0.05, 0) is 41.6 Å². The molecule has 1 aromatic rings. The Morgan fingerprint density at radius 2 is 2.29 bits per heavy atom. The number of nitrogen functional groups attached to an aromatic ring is 1. The highest BCUT2D eigenvalue weighted by Gasteiger charge is 2.33. The van der Waals surface area contributed by atoms with Gasteiger partial charge in [0.05, 0.1) is 18.8 Å². The molecule has 0 amide bonds. The first-order chi connectivity index (χ1) is 6.57. The zero-order chi connectivity index (χ0) is 10.2. The van der Waals surface area contributed by atoms with Gasteiger partial charge in [-0.3, -0.25) is 0 Å². The maximum absolute atomic E-state index is 5.65. The highest BCUT2D eigenvalue weighted by atomic mass is 127. The van der Waals surface area contributed by atoms with Crippen LogP contribution in [-0.2, 0) is 4.74 Å². The normalized spacial score (nSPS) is 18.7. The van der Waals surface area contributed by atoms with Gasteiger partial charge in [0, 0.05) is 3.57 Å². The molecule has 0 saturated carbocycles. The standard InChI is InChI=1S/C9H12IN3O/c1-9(4-14-5-9)13-8-3-6(10)2-7(11)12-8/h2-3H,4-5H2,1H3,(H3,11,12,13). The largest absolute Gasteiger partial charge is 0.384 e.